The van der Waals surface area contributed by atoms with Crippen LogP contribution in [-0.2, 0) is 13.5 Å². The molecule has 0 spiro atoms. The summed E-state index contributed by atoms with van der Waals surface area (Å²) in [7, 11) is 2.00. The van der Waals surface area contributed by atoms with Gasteiger partial charge in [-0.1, -0.05) is 18.2 Å². The lowest BCUT2D eigenvalue weighted by Crippen LogP contribution is -2.25. The maximum Gasteiger partial charge on any atom is 0.0926 e. The minimum atomic E-state index is 0.0521. The van der Waals surface area contributed by atoms with Crippen molar-refractivity contribution in [2.24, 2.45) is 12.8 Å². The van der Waals surface area contributed by atoms with Crippen molar-refractivity contribution in [3.8, 4) is 0 Å². The van der Waals surface area contributed by atoms with Crippen molar-refractivity contribution in [1.82, 2.24) is 9.78 Å². The Bertz CT molecular complexity index is 509. The summed E-state index contributed by atoms with van der Waals surface area (Å²) in [5.74, 6) is 0. The molecule has 15 heavy (non-hydrogen) atoms. The van der Waals surface area contributed by atoms with Crippen LogP contribution < -0.4 is 5.73 Å². The van der Waals surface area contributed by atoms with Gasteiger partial charge in [0, 0.05) is 30.1 Å². The second-order valence-electron chi connectivity index (χ2n) is 4.63. The van der Waals surface area contributed by atoms with E-state index in [0.29, 0.717) is 0 Å². The Labute approximate surface area is 88.9 Å². The van der Waals surface area contributed by atoms with Crippen LogP contribution in [-0.4, -0.2) is 15.3 Å². The Morgan fingerprint density at radius 2 is 2.13 bits per heavy atom. The summed E-state index contributed by atoms with van der Waals surface area (Å²) < 4.78 is 1.97. The zero-order chi connectivity index (χ0) is 10.5. The molecule has 1 saturated carbocycles. The van der Waals surface area contributed by atoms with E-state index in [2.05, 4.69) is 23.3 Å². The smallest absolute Gasteiger partial charge is 0.0926 e. The highest BCUT2D eigenvalue weighted by molar-refractivity contribution is 5.81. The van der Waals surface area contributed by atoms with E-state index in [0.717, 1.165) is 24.8 Å². The van der Waals surface area contributed by atoms with Crippen molar-refractivity contribution in [3.05, 3.63) is 30.0 Å². The Kier molecular flexibility index (Phi) is 1.68. The maximum atomic E-state index is 6.16. The lowest BCUT2D eigenvalue weighted by Gasteiger charge is -2.08. The van der Waals surface area contributed by atoms with Crippen LogP contribution in [0.15, 0.2) is 24.3 Å². The van der Waals surface area contributed by atoms with Crippen LogP contribution in [0.3, 0.4) is 0 Å². The topological polar surface area (TPSA) is 43.8 Å². The Morgan fingerprint density at radius 3 is 2.87 bits per heavy atom. The predicted octanol–water partition coefficient (Wildman–Crippen LogP) is 1.61. The van der Waals surface area contributed by atoms with E-state index in [4.69, 9.17) is 5.73 Å². The van der Waals surface area contributed by atoms with E-state index in [1.165, 1.54) is 11.1 Å². The summed E-state index contributed by atoms with van der Waals surface area (Å²) in [6, 6.07) is 8.26. The van der Waals surface area contributed by atoms with E-state index < -0.39 is 0 Å². The SMILES string of the molecule is Cn1nc2ccccc2c1CC1(N)CC1. The number of rotatable bonds is 2. The average molecular weight is 201 g/mol. The summed E-state index contributed by atoms with van der Waals surface area (Å²) in [6.45, 7) is 0. The number of aryl methyl sites for hydroxylation is 1. The van der Waals surface area contributed by atoms with Crippen LogP contribution in [0.5, 0.6) is 0 Å². The van der Waals surface area contributed by atoms with Gasteiger partial charge in [-0.3, -0.25) is 4.68 Å². The number of hydrogen-bond donors (Lipinski definition) is 1. The Balaban J connectivity index is 2.11. The largest absolute Gasteiger partial charge is 0.325 e. The molecule has 1 fully saturated rings. The first-order valence-electron chi connectivity index (χ1n) is 5.37. The van der Waals surface area contributed by atoms with Gasteiger partial charge in [-0.05, 0) is 18.9 Å². The van der Waals surface area contributed by atoms with Gasteiger partial charge in [-0.2, -0.15) is 5.10 Å². The molecule has 1 heterocycles. The molecule has 0 atom stereocenters. The van der Waals surface area contributed by atoms with Crippen LogP contribution in [0.4, 0.5) is 0 Å². The molecule has 2 aromatic rings. The number of fused-ring (bicyclic) bond motifs is 1. The quantitative estimate of drug-likeness (QED) is 0.802. The van der Waals surface area contributed by atoms with Crippen LogP contribution in [0.25, 0.3) is 10.9 Å². The monoisotopic (exact) mass is 201 g/mol. The molecule has 3 rings (SSSR count). The van der Waals surface area contributed by atoms with Crippen molar-refractivity contribution >= 4 is 10.9 Å². The van der Waals surface area contributed by atoms with Gasteiger partial charge in [0.2, 0.25) is 0 Å². The fourth-order valence-electron chi connectivity index (χ4n) is 2.08. The second kappa shape index (κ2) is 2.83. The number of benzene rings is 1. The zero-order valence-electron chi connectivity index (χ0n) is 8.90. The third-order valence-electron chi connectivity index (χ3n) is 3.28. The normalized spacial score (nSPS) is 18.3. The Morgan fingerprint density at radius 1 is 1.40 bits per heavy atom. The van der Waals surface area contributed by atoms with E-state index in [1.807, 2.05) is 17.8 Å². The summed E-state index contributed by atoms with van der Waals surface area (Å²) in [4.78, 5) is 0. The van der Waals surface area contributed by atoms with E-state index in [1.54, 1.807) is 0 Å². The molecule has 0 saturated heterocycles. The van der Waals surface area contributed by atoms with Gasteiger partial charge in [0.25, 0.3) is 0 Å². The van der Waals surface area contributed by atoms with E-state index >= 15 is 0 Å². The molecule has 0 unspecified atom stereocenters. The highest BCUT2D eigenvalue weighted by atomic mass is 15.3. The zero-order valence-corrected chi connectivity index (χ0v) is 8.90. The standard InChI is InChI=1S/C12H15N3/c1-15-11(8-12(13)6-7-12)9-4-2-3-5-10(9)14-15/h2-5H,6-8,13H2,1H3. The van der Waals surface area contributed by atoms with Crippen LogP contribution in [0.1, 0.15) is 18.5 Å². The highest BCUT2D eigenvalue weighted by Gasteiger charge is 2.39. The maximum absolute atomic E-state index is 6.16. The number of nitrogens with two attached hydrogens (primary N) is 1. The lowest BCUT2D eigenvalue weighted by molar-refractivity contribution is 0.617. The first-order chi connectivity index (χ1) is 7.18. The summed E-state index contributed by atoms with van der Waals surface area (Å²) in [6.07, 6.45) is 3.24. The number of aromatic nitrogens is 2. The molecule has 3 nitrogen and oxygen atoms in total. The van der Waals surface area contributed by atoms with Crippen molar-refractivity contribution in [2.75, 3.05) is 0 Å². The minimum absolute atomic E-state index is 0.0521. The molecule has 0 amide bonds. The molecule has 1 aliphatic carbocycles. The summed E-state index contributed by atoms with van der Waals surface area (Å²) in [5.41, 5.74) is 8.55. The lowest BCUT2D eigenvalue weighted by atomic mass is 10.1. The van der Waals surface area contributed by atoms with Gasteiger partial charge in [-0.15, -0.1) is 0 Å². The molecular formula is C12H15N3. The fraction of sp³-hybridized carbons (Fsp3) is 0.417. The van der Waals surface area contributed by atoms with Crippen molar-refractivity contribution in [2.45, 2.75) is 24.8 Å². The molecule has 1 aromatic heterocycles. The Hall–Kier alpha value is -1.35. The molecule has 0 bridgehead atoms. The van der Waals surface area contributed by atoms with Crippen molar-refractivity contribution in [3.63, 3.8) is 0 Å². The fourth-order valence-corrected chi connectivity index (χ4v) is 2.08. The van der Waals surface area contributed by atoms with E-state index in [-0.39, 0.29) is 5.54 Å². The molecule has 0 aliphatic heterocycles. The van der Waals surface area contributed by atoms with Gasteiger partial charge in [-0.25, -0.2) is 0 Å². The molecule has 78 valence electrons. The van der Waals surface area contributed by atoms with E-state index in [9.17, 15) is 0 Å². The molecule has 1 aliphatic rings. The van der Waals surface area contributed by atoms with Gasteiger partial charge in [0.05, 0.1) is 5.52 Å². The third-order valence-corrected chi connectivity index (χ3v) is 3.28. The van der Waals surface area contributed by atoms with Gasteiger partial charge < -0.3 is 5.73 Å². The van der Waals surface area contributed by atoms with Crippen LogP contribution in [0.2, 0.25) is 0 Å². The molecule has 1 aromatic carbocycles. The third kappa shape index (κ3) is 1.43. The second-order valence-corrected chi connectivity index (χ2v) is 4.63. The van der Waals surface area contributed by atoms with Gasteiger partial charge >= 0.3 is 0 Å². The van der Waals surface area contributed by atoms with Crippen molar-refractivity contribution in [1.29, 1.82) is 0 Å². The van der Waals surface area contributed by atoms with Crippen LogP contribution >= 0.6 is 0 Å². The first-order valence-corrected chi connectivity index (χ1v) is 5.37. The molecular weight excluding hydrogens is 186 g/mol. The molecule has 2 N–H and O–H groups in total. The van der Waals surface area contributed by atoms with Gasteiger partial charge in [0.15, 0.2) is 0 Å². The van der Waals surface area contributed by atoms with Crippen molar-refractivity contribution < 1.29 is 0 Å². The highest BCUT2D eigenvalue weighted by Crippen LogP contribution is 2.36. The van der Waals surface area contributed by atoms with Gasteiger partial charge in [0.1, 0.15) is 0 Å². The minimum Gasteiger partial charge on any atom is -0.325 e. The summed E-state index contributed by atoms with van der Waals surface area (Å²) in [5, 5.41) is 5.73. The predicted molar refractivity (Wildman–Crippen MR) is 60.6 cm³/mol. The van der Waals surface area contributed by atoms with Crippen LogP contribution in [0, 0.1) is 0 Å². The first kappa shape index (κ1) is 8.92. The number of hydrogen-bond acceptors (Lipinski definition) is 2. The number of nitrogens with zero attached hydrogens (tertiary/aromatic N) is 2. The average Bonchev–Trinajstić information content (AvgIpc) is 2.86. The summed E-state index contributed by atoms with van der Waals surface area (Å²) >= 11 is 0. The molecule has 0 radical (unpaired) electrons. The molecule has 3 heteroatoms.